The number of fused-ring (bicyclic) bond motifs is 3. The van der Waals surface area contributed by atoms with E-state index in [0.717, 1.165) is 53.5 Å². The van der Waals surface area contributed by atoms with Gasteiger partial charge in [-0.25, -0.2) is 4.79 Å². The summed E-state index contributed by atoms with van der Waals surface area (Å²) in [4.78, 5) is 44.1. The van der Waals surface area contributed by atoms with Gasteiger partial charge in [0.1, 0.15) is 0 Å². The van der Waals surface area contributed by atoms with Crippen LogP contribution in [-0.2, 0) is 15.0 Å². The molecule has 0 saturated carbocycles. The maximum atomic E-state index is 14.0. The topological polar surface area (TPSA) is 72.8 Å². The molecule has 0 heterocycles. The van der Waals surface area contributed by atoms with E-state index in [2.05, 4.69) is 31.1 Å². The Morgan fingerprint density at radius 1 is 0.714 bits per heavy atom. The quantitative estimate of drug-likeness (QED) is 0.0852. The highest BCUT2D eigenvalue weighted by atomic mass is 16.7. The summed E-state index contributed by atoms with van der Waals surface area (Å²) in [5.74, 6) is -0.910. The molecule has 1 aliphatic rings. The molecule has 0 fully saturated rings. The predicted molar refractivity (Wildman–Crippen MR) is 166 cm³/mol. The van der Waals surface area contributed by atoms with Crippen molar-refractivity contribution in [3.63, 3.8) is 0 Å². The summed E-state index contributed by atoms with van der Waals surface area (Å²) < 4.78 is 0. The number of oxime groups is 1. The van der Waals surface area contributed by atoms with Crippen LogP contribution in [0, 0.1) is 6.92 Å². The van der Waals surface area contributed by atoms with Crippen molar-refractivity contribution < 1.29 is 19.2 Å². The zero-order valence-electron chi connectivity index (χ0n) is 24.6. The molecule has 212 valence electrons. The van der Waals surface area contributed by atoms with Crippen LogP contribution in [0.1, 0.15) is 95.0 Å². The fraction of sp³-hybridized carbons (Fsp3) is 0.243. The van der Waals surface area contributed by atoms with Gasteiger partial charge >= 0.3 is 5.97 Å². The van der Waals surface area contributed by atoms with Gasteiger partial charge in [-0.05, 0) is 59.7 Å². The standard InChI is InChI=1S/C37H35NO4/c1-5-20-37(21-6-2)32-22-27(35(40)26-13-8-7-9-14-26)16-18-30(32)31-19-17-28(23-33(31)37)36(41)34(38-42-25(4)39)29-15-11-10-12-24(29)3/h7-19,22-23H,5-6,20-21H2,1-4H3/b38-34+. The summed E-state index contributed by atoms with van der Waals surface area (Å²) >= 11 is 0. The normalized spacial score (nSPS) is 13.3. The van der Waals surface area contributed by atoms with Gasteiger partial charge in [0.15, 0.2) is 11.5 Å². The van der Waals surface area contributed by atoms with E-state index in [9.17, 15) is 14.4 Å². The minimum atomic E-state index is -0.593. The molecule has 0 spiro atoms. The summed E-state index contributed by atoms with van der Waals surface area (Å²) in [5, 5.41) is 4.01. The first kappa shape index (κ1) is 28.9. The second-order valence-electron chi connectivity index (χ2n) is 11.0. The molecule has 0 bridgehead atoms. The fourth-order valence-corrected chi connectivity index (χ4v) is 6.35. The summed E-state index contributed by atoms with van der Waals surface area (Å²) in [6, 6.07) is 28.6. The second kappa shape index (κ2) is 12.1. The largest absolute Gasteiger partial charge is 0.332 e. The van der Waals surface area contributed by atoms with Crippen LogP contribution in [0.3, 0.4) is 0 Å². The Kier molecular flexibility index (Phi) is 8.30. The van der Waals surface area contributed by atoms with E-state index in [1.807, 2.05) is 85.8 Å². The van der Waals surface area contributed by atoms with Crippen LogP contribution in [0.4, 0.5) is 0 Å². The van der Waals surface area contributed by atoms with Crippen molar-refractivity contribution in [3.05, 3.63) is 130 Å². The molecule has 5 nitrogen and oxygen atoms in total. The fourth-order valence-electron chi connectivity index (χ4n) is 6.35. The van der Waals surface area contributed by atoms with Crippen molar-refractivity contribution in [2.45, 2.75) is 58.8 Å². The van der Waals surface area contributed by atoms with E-state index in [-0.39, 0.29) is 22.7 Å². The first-order valence-electron chi connectivity index (χ1n) is 14.6. The number of carbonyl (C=O) groups excluding carboxylic acids is 3. The van der Waals surface area contributed by atoms with Gasteiger partial charge in [-0.15, -0.1) is 0 Å². The van der Waals surface area contributed by atoms with Crippen LogP contribution >= 0.6 is 0 Å². The number of hydrogen-bond acceptors (Lipinski definition) is 5. The highest BCUT2D eigenvalue weighted by molar-refractivity contribution is 6.51. The highest BCUT2D eigenvalue weighted by Crippen LogP contribution is 2.54. The van der Waals surface area contributed by atoms with E-state index < -0.39 is 5.97 Å². The predicted octanol–water partition coefficient (Wildman–Crippen LogP) is 8.24. The Bertz CT molecular complexity index is 1690. The van der Waals surface area contributed by atoms with Gasteiger partial charge in [-0.3, -0.25) is 9.59 Å². The molecule has 0 radical (unpaired) electrons. The van der Waals surface area contributed by atoms with Gasteiger partial charge in [-0.1, -0.05) is 111 Å². The summed E-state index contributed by atoms with van der Waals surface area (Å²) in [7, 11) is 0. The monoisotopic (exact) mass is 557 g/mol. The third-order valence-electron chi connectivity index (χ3n) is 8.16. The van der Waals surface area contributed by atoms with E-state index in [0.29, 0.717) is 22.3 Å². The summed E-state index contributed by atoms with van der Waals surface area (Å²) in [6.45, 7) is 7.50. The number of Topliss-reactive ketones (excluding diaryl/α,β-unsaturated/α-hetero) is 1. The molecular weight excluding hydrogens is 522 g/mol. The second-order valence-corrected chi connectivity index (χ2v) is 11.0. The SMILES string of the molecule is CCCC1(CCC)c2cc(C(=O)/C(=N/OC(C)=O)c3ccccc3C)ccc2-c2ccc(C(=O)c3ccccc3)cc21. The van der Waals surface area contributed by atoms with Crippen LogP contribution in [0.15, 0.2) is 96.2 Å². The van der Waals surface area contributed by atoms with Crippen molar-refractivity contribution in [3.8, 4) is 11.1 Å². The lowest BCUT2D eigenvalue weighted by Crippen LogP contribution is -2.26. The van der Waals surface area contributed by atoms with E-state index in [1.165, 1.54) is 6.92 Å². The lowest BCUT2D eigenvalue weighted by atomic mass is 9.71. The maximum absolute atomic E-state index is 14.0. The molecule has 5 heteroatoms. The number of rotatable bonds is 10. The molecule has 42 heavy (non-hydrogen) atoms. The van der Waals surface area contributed by atoms with Crippen LogP contribution in [-0.4, -0.2) is 23.2 Å². The number of nitrogens with zero attached hydrogens (tertiary/aromatic N) is 1. The minimum absolute atomic E-state index is 0.00308. The molecule has 1 aliphatic carbocycles. The van der Waals surface area contributed by atoms with Crippen LogP contribution < -0.4 is 0 Å². The van der Waals surface area contributed by atoms with Crippen LogP contribution in [0.25, 0.3) is 11.1 Å². The Morgan fingerprint density at radius 2 is 1.29 bits per heavy atom. The Balaban J connectivity index is 1.64. The minimum Gasteiger partial charge on any atom is -0.318 e. The van der Waals surface area contributed by atoms with E-state index >= 15 is 0 Å². The Morgan fingerprint density at radius 3 is 1.88 bits per heavy atom. The molecule has 0 saturated heterocycles. The van der Waals surface area contributed by atoms with Gasteiger partial charge in [0.05, 0.1) is 0 Å². The third-order valence-corrected chi connectivity index (χ3v) is 8.16. The molecule has 0 N–H and O–H groups in total. The maximum Gasteiger partial charge on any atom is 0.332 e. The zero-order chi connectivity index (χ0) is 29.9. The lowest BCUT2D eigenvalue weighted by molar-refractivity contribution is -0.140. The average molecular weight is 558 g/mol. The molecule has 0 atom stereocenters. The number of carbonyl (C=O) groups is 3. The van der Waals surface area contributed by atoms with Crippen molar-refractivity contribution >= 4 is 23.2 Å². The molecule has 4 aromatic rings. The molecular formula is C37H35NO4. The van der Waals surface area contributed by atoms with Gasteiger partial charge in [-0.2, -0.15) is 0 Å². The van der Waals surface area contributed by atoms with Crippen LogP contribution in [0.2, 0.25) is 0 Å². The highest BCUT2D eigenvalue weighted by Gasteiger charge is 2.42. The smallest absolute Gasteiger partial charge is 0.318 e. The van der Waals surface area contributed by atoms with Crippen molar-refractivity contribution in [1.29, 1.82) is 0 Å². The molecule has 0 aliphatic heterocycles. The lowest BCUT2D eigenvalue weighted by Gasteiger charge is -2.32. The first-order valence-corrected chi connectivity index (χ1v) is 14.6. The van der Waals surface area contributed by atoms with E-state index in [4.69, 9.17) is 4.84 Å². The van der Waals surface area contributed by atoms with Gasteiger partial charge in [0.2, 0.25) is 5.78 Å². The van der Waals surface area contributed by atoms with Gasteiger partial charge in [0.25, 0.3) is 0 Å². The molecule has 0 unspecified atom stereocenters. The number of benzene rings is 4. The first-order chi connectivity index (χ1) is 20.3. The van der Waals surface area contributed by atoms with Crippen molar-refractivity contribution in [2.75, 3.05) is 0 Å². The summed E-state index contributed by atoms with van der Waals surface area (Å²) in [5.41, 5.74) is 7.43. The number of ketones is 2. The summed E-state index contributed by atoms with van der Waals surface area (Å²) in [6.07, 6.45) is 3.65. The Labute approximate surface area is 247 Å². The number of hydrogen-bond donors (Lipinski definition) is 0. The molecule has 4 aromatic carbocycles. The Hall–Kier alpha value is -4.64. The molecule has 5 rings (SSSR count). The van der Waals surface area contributed by atoms with Gasteiger partial charge in [0, 0.05) is 34.6 Å². The molecule has 0 aromatic heterocycles. The average Bonchev–Trinajstić information content (AvgIpc) is 3.26. The number of aryl methyl sites for hydroxylation is 1. The molecule has 0 amide bonds. The van der Waals surface area contributed by atoms with Crippen LogP contribution in [0.5, 0.6) is 0 Å². The van der Waals surface area contributed by atoms with E-state index in [1.54, 1.807) is 0 Å². The van der Waals surface area contributed by atoms with Crippen molar-refractivity contribution in [2.24, 2.45) is 5.16 Å². The third kappa shape index (κ3) is 5.23. The van der Waals surface area contributed by atoms with Crippen molar-refractivity contribution in [1.82, 2.24) is 0 Å². The zero-order valence-corrected chi connectivity index (χ0v) is 24.6. The van der Waals surface area contributed by atoms with Gasteiger partial charge < -0.3 is 4.84 Å².